The van der Waals surface area contributed by atoms with E-state index in [1.165, 1.54) is 10.5 Å². The maximum absolute atomic E-state index is 12.4. The standard InChI is InChI=1S/C17H22N4O2/c1-12-8-10-13(11-9-12)15-16(21(3)19-18-15)20(2)17(22)23-14-6-4-5-7-14/h8-11,14H,4-7H2,1-3H3. The van der Waals surface area contributed by atoms with E-state index in [2.05, 4.69) is 10.3 Å². The lowest BCUT2D eigenvalue weighted by molar-refractivity contribution is 0.108. The Morgan fingerprint density at radius 3 is 2.57 bits per heavy atom. The molecule has 3 rings (SSSR count). The Morgan fingerprint density at radius 2 is 1.91 bits per heavy atom. The predicted octanol–water partition coefficient (Wildman–Crippen LogP) is 3.31. The van der Waals surface area contributed by atoms with Crippen molar-refractivity contribution < 1.29 is 9.53 Å². The Kier molecular flexibility index (Phi) is 4.32. The third-order valence-electron chi connectivity index (χ3n) is 4.28. The van der Waals surface area contributed by atoms with Crippen molar-refractivity contribution in [3.63, 3.8) is 0 Å². The van der Waals surface area contributed by atoms with Crippen LogP contribution in [0.25, 0.3) is 11.3 Å². The summed E-state index contributed by atoms with van der Waals surface area (Å²) in [6, 6.07) is 8.01. The Morgan fingerprint density at radius 1 is 1.26 bits per heavy atom. The van der Waals surface area contributed by atoms with E-state index in [4.69, 9.17) is 4.74 Å². The average Bonchev–Trinajstić information content (AvgIpc) is 3.17. The highest BCUT2D eigenvalue weighted by Crippen LogP contribution is 2.29. The lowest BCUT2D eigenvalue weighted by Crippen LogP contribution is -2.32. The van der Waals surface area contributed by atoms with Gasteiger partial charge in [0, 0.05) is 19.7 Å². The van der Waals surface area contributed by atoms with E-state index in [-0.39, 0.29) is 12.2 Å². The number of ether oxygens (including phenoxy) is 1. The maximum Gasteiger partial charge on any atom is 0.415 e. The molecule has 0 N–H and O–H groups in total. The number of hydrogen-bond donors (Lipinski definition) is 0. The lowest BCUT2D eigenvalue weighted by Gasteiger charge is -2.20. The molecule has 0 saturated heterocycles. The molecule has 1 fully saturated rings. The normalized spacial score (nSPS) is 14.9. The first-order valence-electron chi connectivity index (χ1n) is 7.97. The van der Waals surface area contributed by atoms with Gasteiger partial charge in [0.1, 0.15) is 11.8 Å². The number of benzene rings is 1. The SMILES string of the molecule is Cc1ccc(-c2nnn(C)c2N(C)C(=O)OC2CCCC2)cc1. The minimum atomic E-state index is -0.351. The second-order valence-electron chi connectivity index (χ2n) is 6.10. The molecule has 122 valence electrons. The number of carbonyl (C=O) groups excluding carboxylic acids is 1. The van der Waals surface area contributed by atoms with E-state index in [1.54, 1.807) is 18.8 Å². The van der Waals surface area contributed by atoms with Gasteiger partial charge in [-0.1, -0.05) is 35.0 Å². The van der Waals surface area contributed by atoms with Crippen molar-refractivity contribution in [2.24, 2.45) is 7.05 Å². The molecule has 6 nitrogen and oxygen atoms in total. The van der Waals surface area contributed by atoms with Crippen molar-refractivity contribution in [1.29, 1.82) is 0 Å². The Labute approximate surface area is 136 Å². The monoisotopic (exact) mass is 314 g/mol. The Balaban J connectivity index is 1.85. The van der Waals surface area contributed by atoms with E-state index < -0.39 is 0 Å². The van der Waals surface area contributed by atoms with Crippen molar-refractivity contribution in [3.05, 3.63) is 29.8 Å². The summed E-state index contributed by atoms with van der Waals surface area (Å²) < 4.78 is 7.18. The molecule has 0 aliphatic heterocycles. The van der Waals surface area contributed by atoms with Crippen molar-refractivity contribution in [2.45, 2.75) is 38.7 Å². The first kappa shape index (κ1) is 15.5. The second kappa shape index (κ2) is 6.40. The van der Waals surface area contributed by atoms with Crippen LogP contribution in [0.5, 0.6) is 0 Å². The van der Waals surface area contributed by atoms with Gasteiger partial charge in [0.05, 0.1) is 0 Å². The molecule has 1 saturated carbocycles. The van der Waals surface area contributed by atoms with Crippen molar-refractivity contribution >= 4 is 11.9 Å². The van der Waals surface area contributed by atoms with E-state index >= 15 is 0 Å². The van der Waals surface area contributed by atoms with Gasteiger partial charge in [0.25, 0.3) is 0 Å². The average molecular weight is 314 g/mol. The molecule has 0 atom stereocenters. The second-order valence-corrected chi connectivity index (χ2v) is 6.10. The van der Waals surface area contributed by atoms with E-state index in [1.807, 2.05) is 31.2 Å². The largest absolute Gasteiger partial charge is 0.446 e. The van der Waals surface area contributed by atoms with Gasteiger partial charge >= 0.3 is 6.09 Å². The predicted molar refractivity (Wildman–Crippen MR) is 88.3 cm³/mol. The fourth-order valence-corrected chi connectivity index (χ4v) is 2.94. The molecule has 23 heavy (non-hydrogen) atoms. The summed E-state index contributed by atoms with van der Waals surface area (Å²) >= 11 is 0. The molecule has 1 aromatic heterocycles. The van der Waals surface area contributed by atoms with Crippen LogP contribution in [0, 0.1) is 6.92 Å². The van der Waals surface area contributed by atoms with Crippen LogP contribution in [0.15, 0.2) is 24.3 Å². The molecule has 6 heteroatoms. The topological polar surface area (TPSA) is 60.2 Å². The van der Waals surface area contributed by atoms with Gasteiger partial charge in [0.2, 0.25) is 0 Å². The van der Waals surface area contributed by atoms with Crippen LogP contribution in [0.3, 0.4) is 0 Å². The highest BCUT2D eigenvalue weighted by atomic mass is 16.6. The molecule has 1 aromatic carbocycles. The van der Waals surface area contributed by atoms with Gasteiger partial charge in [-0.3, -0.25) is 4.90 Å². The van der Waals surface area contributed by atoms with Crippen LogP contribution < -0.4 is 4.90 Å². The van der Waals surface area contributed by atoms with Crippen molar-refractivity contribution in [1.82, 2.24) is 15.0 Å². The summed E-state index contributed by atoms with van der Waals surface area (Å²) in [7, 11) is 3.48. The molecule has 0 spiro atoms. The minimum Gasteiger partial charge on any atom is -0.446 e. The Bertz CT molecular complexity index is 687. The van der Waals surface area contributed by atoms with Gasteiger partial charge < -0.3 is 4.74 Å². The Hall–Kier alpha value is -2.37. The third kappa shape index (κ3) is 3.21. The number of nitrogens with zero attached hydrogens (tertiary/aromatic N) is 4. The fourth-order valence-electron chi connectivity index (χ4n) is 2.94. The molecular formula is C17H22N4O2. The number of amides is 1. The van der Waals surface area contributed by atoms with Crippen molar-refractivity contribution in [3.8, 4) is 11.3 Å². The van der Waals surface area contributed by atoms with Gasteiger partial charge in [-0.15, -0.1) is 5.10 Å². The third-order valence-corrected chi connectivity index (χ3v) is 4.28. The van der Waals surface area contributed by atoms with Crippen LogP contribution in [0.2, 0.25) is 0 Å². The summed E-state index contributed by atoms with van der Waals surface area (Å²) in [5.41, 5.74) is 2.78. The van der Waals surface area contributed by atoms with E-state index in [0.717, 1.165) is 31.2 Å². The zero-order chi connectivity index (χ0) is 16.4. The summed E-state index contributed by atoms with van der Waals surface area (Å²) in [5.74, 6) is 0.636. The van der Waals surface area contributed by atoms with Crippen LogP contribution in [0.4, 0.5) is 10.6 Å². The summed E-state index contributed by atoms with van der Waals surface area (Å²) in [6.07, 6.45) is 3.85. The van der Waals surface area contributed by atoms with Gasteiger partial charge in [-0.2, -0.15) is 0 Å². The number of anilines is 1. The maximum atomic E-state index is 12.4. The summed E-state index contributed by atoms with van der Waals surface area (Å²) in [5, 5.41) is 8.28. The molecule has 2 aromatic rings. The van der Waals surface area contributed by atoms with Gasteiger partial charge in [0.15, 0.2) is 5.82 Å². The number of carbonyl (C=O) groups is 1. The first-order valence-corrected chi connectivity index (χ1v) is 7.97. The molecular weight excluding hydrogens is 292 g/mol. The number of hydrogen-bond acceptors (Lipinski definition) is 4. The molecule has 0 unspecified atom stereocenters. The van der Waals surface area contributed by atoms with Crippen LogP contribution in [-0.2, 0) is 11.8 Å². The summed E-state index contributed by atoms with van der Waals surface area (Å²) in [6.45, 7) is 2.03. The smallest absolute Gasteiger partial charge is 0.415 e. The zero-order valence-electron chi connectivity index (χ0n) is 13.8. The van der Waals surface area contributed by atoms with Crippen LogP contribution >= 0.6 is 0 Å². The first-order chi connectivity index (χ1) is 11.1. The highest BCUT2D eigenvalue weighted by molar-refractivity contribution is 5.90. The summed E-state index contributed by atoms with van der Waals surface area (Å²) in [4.78, 5) is 13.9. The zero-order valence-corrected chi connectivity index (χ0v) is 13.8. The number of rotatable bonds is 3. The fraction of sp³-hybridized carbons (Fsp3) is 0.471. The molecule has 0 bridgehead atoms. The number of aromatic nitrogens is 3. The highest BCUT2D eigenvalue weighted by Gasteiger charge is 2.26. The van der Waals surface area contributed by atoms with Crippen molar-refractivity contribution in [2.75, 3.05) is 11.9 Å². The lowest BCUT2D eigenvalue weighted by atomic mass is 10.1. The molecule has 1 aliphatic rings. The van der Waals surface area contributed by atoms with E-state index in [9.17, 15) is 4.79 Å². The van der Waals surface area contributed by atoms with E-state index in [0.29, 0.717) is 11.5 Å². The van der Waals surface area contributed by atoms with Gasteiger partial charge in [-0.25, -0.2) is 9.48 Å². The van der Waals surface area contributed by atoms with Gasteiger partial charge in [-0.05, 0) is 32.6 Å². The molecule has 0 radical (unpaired) electrons. The minimum absolute atomic E-state index is 0.0361. The van der Waals surface area contributed by atoms with Crippen LogP contribution in [0.1, 0.15) is 31.2 Å². The molecule has 1 aliphatic carbocycles. The molecule has 1 amide bonds. The quantitative estimate of drug-likeness (QED) is 0.872. The number of aryl methyl sites for hydroxylation is 2. The van der Waals surface area contributed by atoms with Crippen LogP contribution in [-0.4, -0.2) is 34.2 Å². The molecule has 1 heterocycles.